The predicted octanol–water partition coefficient (Wildman–Crippen LogP) is 1.10. The van der Waals surface area contributed by atoms with Crippen molar-refractivity contribution in [2.24, 2.45) is 5.92 Å². The van der Waals surface area contributed by atoms with Gasteiger partial charge in [-0.05, 0) is 18.9 Å². The largest absolute Gasteiger partial charge is 0.344 e. The smallest absolute Gasteiger partial charge is 0.239 e. The zero-order valence-electron chi connectivity index (χ0n) is 8.84. The van der Waals surface area contributed by atoms with Gasteiger partial charge in [0.15, 0.2) is 0 Å². The van der Waals surface area contributed by atoms with Crippen LogP contribution in [0.1, 0.15) is 28.1 Å². The molecule has 1 aliphatic heterocycles. The standard InChI is InChI=1S/C10H20N2O.H2/c1-4-8(2)7-11-9-5-6-12(3)10(9)13;/h8-9,11H,4-7H2,1-3H3;1H/t8?,9-;/m0./s1. The first kappa shape index (κ1) is 10.5. The van der Waals surface area contributed by atoms with Gasteiger partial charge in [0.2, 0.25) is 5.91 Å². The number of nitrogens with zero attached hydrogens (tertiary/aromatic N) is 1. The van der Waals surface area contributed by atoms with Crippen LogP contribution in [0.2, 0.25) is 0 Å². The number of amides is 1. The Morgan fingerprint density at radius 1 is 1.77 bits per heavy atom. The molecule has 3 heteroatoms. The lowest BCUT2D eigenvalue weighted by molar-refractivity contribution is -0.128. The average molecular weight is 186 g/mol. The van der Waals surface area contributed by atoms with Gasteiger partial charge in [0, 0.05) is 15.0 Å². The fourth-order valence-electron chi connectivity index (χ4n) is 1.50. The minimum Gasteiger partial charge on any atom is -0.344 e. The monoisotopic (exact) mass is 186 g/mol. The van der Waals surface area contributed by atoms with Crippen molar-refractivity contribution in [3.8, 4) is 0 Å². The SMILES string of the molecule is CCC(C)CN[C@H]1CCN(C)C1=O.[HH]. The minimum absolute atomic E-state index is 0. The summed E-state index contributed by atoms with van der Waals surface area (Å²) in [5.74, 6) is 0.919. The second-order valence-corrected chi connectivity index (χ2v) is 4.02. The van der Waals surface area contributed by atoms with E-state index in [1.165, 1.54) is 6.42 Å². The van der Waals surface area contributed by atoms with Crippen molar-refractivity contribution < 1.29 is 6.22 Å². The lowest BCUT2D eigenvalue weighted by Crippen LogP contribution is -2.38. The molecule has 1 fully saturated rings. The van der Waals surface area contributed by atoms with Crippen LogP contribution in [0.15, 0.2) is 0 Å². The van der Waals surface area contributed by atoms with Gasteiger partial charge in [-0.1, -0.05) is 20.3 Å². The van der Waals surface area contributed by atoms with E-state index in [-0.39, 0.29) is 13.4 Å². The fourth-order valence-corrected chi connectivity index (χ4v) is 1.50. The van der Waals surface area contributed by atoms with E-state index in [1.807, 2.05) is 7.05 Å². The molecule has 0 aromatic carbocycles. The summed E-state index contributed by atoms with van der Waals surface area (Å²) < 4.78 is 0. The van der Waals surface area contributed by atoms with E-state index in [9.17, 15) is 4.79 Å². The number of nitrogens with one attached hydrogen (secondary N) is 1. The Labute approximate surface area is 82.0 Å². The van der Waals surface area contributed by atoms with Crippen molar-refractivity contribution in [2.45, 2.75) is 32.7 Å². The number of likely N-dealkylation sites (tertiary alicyclic amines) is 1. The Balaban J connectivity index is 0.00000169. The van der Waals surface area contributed by atoms with Crippen LogP contribution >= 0.6 is 0 Å². The van der Waals surface area contributed by atoms with Crippen molar-refractivity contribution in [1.29, 1.82) is 0 Å². The van der Waals surface area contributed by atoms with Crippen molar-refractivity contribution in [2.75, 3.05) is 20.1 Å². The average Bonchev–Trinajstić information content (AvgIpc) is 2.44. The third-order valence-electron chi connectivity index (χ3n) is 2.84. The third-order valence-corrected chi connectivity index (χ3v) is 2.84. The van der Waals surface area contributed by atoms with Gasteiger partial charge in [-0.25, -0.2) is 0 Å². The molecule has 1 aliphatic rings. The van der Waals surface area contributed by atoms with E-state index in [1.54, 1.807) is 4.90 Å². The molecule has 0 spiro atoms. The highest BCUT2D eigenvalue weighted by Crippen LogP contribution is 2.09. The number of likely N-dealkylation sites (N-methyl/N-ethyl adjacent to an activating group) is 1. The minimum atomic E-state index is 0. The van der Waals surface area contributed by atoms with Crippen LogP contribution in [-0.2, 0) is 4.79 Å². The molecular formula is C10H22N2O. The second kappa shape index (κ2) is 4.61. The zero-order valence-corrected chi connectivity index (χ0v) is 8.84. The van der Waals surface area contributed by atoms with Crippen LogP contribution in [0, 0.1) is 5.92 Å². The Bertz CT molecular complexity index is 187. The summed E-state index contributed by atoms with van der Waals surface area (Å²) in [4.78, 5) is 13.3. The normalized spacial score (nSPS) is 25.3. The Morgan fingerprint density at radius 3 is 2.92 bits per heavy atom. The summed E-state index contributed by atoms with van der Waals surface area (Å²) in [7, 11) is 1.87. The number of hydrogen-bond donors (Lipinski definition) is 1. The van der Waals surface area contributed by atoms with Gasteiger partial charge >= 0.3 is 0 Å². The molecule has 1 heterocycles. The van der Waals surface area contributed by atoms with Gasteiger partial charge in [-0.2, -0.15) is 0 Å². The quantitative estimate of drug-likeness (QED) is 0.713. The molecule has 1 saturated heterocycles. The third kappa shape index (κ3) is 2.69. The lowest BCUT2D eigenvalue weighted by atomic mass is 10.1. The predicted molar refractivity (Wildman–Crippen MR) is 55.6 cm³/mol. The van der Waals surface area contributed by atoms with Crippen LogP contribution in [0.5, 0.6) is 0 Å². The summed E-state index contributed by atoms with van der Waals surface area (Å²) in [6, 6.07) is 0.0824. The first-order valence-corrected chi connectivity index (χ1v) is 5.13. The van der Waals surface area contributed by atoms with E-state index in [0.717, 1.165) is 19.5 Å². The van der Waals surface area contributed by atoms with Crippen molar-refractivity contribution in [3.05, 3.63) is 0 Å². The maximum absolute atomic E-state index is 11.5. The molecule has 3 nitrogen and oxygen atoms in total. The molecule has 0 saturated carbocycles. The first-order valence-electron chi connectivity index (χ1n) is 5.13. The Hall–Kier alpha value is -0.570. The molecule has 1 amide bonds. The van der Waals surface area contributed by atoms with Crippen LogP contribution in [0.25, 0.3) is 0 Å². The summed E-state index contributed by atoms with van der Waals surface area (Å²) in [5, 5.41) is 3.32. The first-order chi connectivity index (χ1) is 6.15. The summed E-state index contributed by atoms with van der Waals surface area (Å²) >= 11 is 0. The van der Waals surface area contributed by atoms with Crippen LogP contribution in [0.4, 0.5) is 0 Å². The molecule has 1 N–H and O–H groups in total. The van der Waals surface area contributed by atoms with Gasteiger partial charge in [-0.15, -0.1) is 0 Å². The zero-order chi connectivity index (χ0) is 9.84. The van der Waals surface area contributed by atoms with Crippen LogP contribution in [0.3, 0.4) is 0 Å². The van der Waals surface area contributed by atoms with Gasteiger partial charge in [0.1, 0.15) is 0 Å². The van der Waals surface area contributed by atoms with Crippen LogP contribution in [-0.4, -0.2) is 37.0 Å². The van der Waals surface area contributed by atoms with Gasteiger partial charge in [-0.3, -0.25) is 4.79 Å². The molecule has 0 aromatic rings. The van der Waals surface area contributed by atoms with E-state index in [4.69, 9.17) is 0 Å². The topological polar surface area (TPSA) is 32.3 Å². The highest BCUT2D eigenvalue weighted by Gasteiger charge is 2.28. The fraction of sp³-hybridized carbons (Fsp3) is 0.900. The Morgan fingerprint density at radius 2 is 2.46 bits per heavy atom. The van der Waals surface area contributed by atoms with Gasteiger partial charge in [0.05, 0.1) is 6.04 Å². The number of rotatable bonds is 4. The number of hydrogen-bond acceptors (Lipinski definition) is 2. The molecule has 2 atom stereocenters. The summed E-state index contributed by atoms with van der Waals surface area (Å²) in [6.45, 7) is 6.24. The Kier molecular flexibility index (Phi) is 3.72. The molecule has 1 unspecified atom stereocenters. The van der Waals surface area contributed by atoms with E-state index >= 15 is 0 Å². The number of carbonyl (C=O) groups excluding carboxylic acids is 1. The lowest BCUT2D eigenvalue weighted by Gasteiger charge is -2.14. The molecular weight excluding hydrogens is 164 g/mol. The summed E-state index contributed by atoms with van der Waals surface area (Å²) in [6.07, 6.45) is 2.13. The van der Waals surface area contributed by atoms with Crippen molar-refractivity contribution >= 4 is 5.91 Å². The molecule has 0 radical (unpaired) electrons. The summed E-state index contributed by atoms with van der Waals surface area (Å²) in [5.41, 5.74) is 0. The van der Waals surface area contributed by atoms with Gasteiger partial charge < -0.3 is 10.2 Å². The van der Waals surface area contributed by atoms with E-state index in [0.29, 0.717) is 5.92 Å². The van der Waals surface area contributed by atoms with E-state index < -0.39 is 0 Å². The second-order valence-electron chi connectivity index (χ2n) is 4.02. The maximum Gasteiger partial charge on any atom is 0.239 e. The van der Waals surface area contributed by atoms with Crippen LogP contribution < -0.4 is 5.32 Å². The molecule has 0 aromatic heterocycles. The van der Waals surface area contributed by atoms with E-state index in [2.05, 4.69) is 19.2 Å². The molecule has 78 valence electrons. The molecule has 1 rings (SSSR count). The molecule has 0 bridgehead atoms. The molecule has 13 heavy (non-hydrogen) atoms. The van der Waals surface area contributed by atoms with Crippen molar-refractivity contribution in [3.63, 3.8) is 0 Å². The molecule has 0 aliphatic carbocycles. The van der Waals surface area contributed by atoms with Gasteiger partial charge in [0.25, 0.3) is 0 Å². The van der Waals surface area contributed by atoms with Crippen molar-refractivity contribution in [1.82, 2.24) is 10.2 Å². The highest BCUT2D eigenvalue weighted by molar-refractivity contribution is 5.83. The maximum atomic E-state index is 11.5. The highest BCUT2D eigenvalue weighted by atomic mass is 16.2. The number of carbonyl (C=O) groups is 1.